The Balaban J connectivity index is 1.08. The third-order valence-corrected chi connectivity index (χ3v) is 9.76. The van der Waals surface area contributed by atoms with Crippen molar-refractivity contribution in [1.82, 2.24) is 20.4 Å². The van der Waals surface area contributed by atoms with Gasteiger partial charge in [0.25, 0.3) is 0 Å². The summed E-state index contributed by atoms with van der Waals surface area (Å²) in [6, 6.07) is 1.92. The van der Waals surface area contributed by atoms with E-state index in [1.165, 1.54) is 77.4 Å². The number of aliphatic hydroxyl groups excluding tert-OH is 1. The van der Waals surface area contributed by atoms with Crippen LogP contribution in [0.2, 0.25) is 0 Å². The van der Waals surface area contributed by atoms with Gasteiger partial charge in [0.2, 0.25) is 0 Å². The zero-order chi connectivity index (χ0) is 22.6. The fourth-order valence-electron chi connectivity index (χ4n) is 7.52. The van der Waals surface area contributed by atoms with Crippen LogP contribution in [0.4, 0.5) is 4.39 Å². The van der Waals surface area contributed by atoms with Gasteiger partial charge in [-0.05, 0) is 115 Å². The molecule has 0 radical (unpaired) electrons. The number of hydrogen-bond donors (Lipinski definition) is 3. The van der Waals surface area contributed by atoms with E-state index < -0.39 is 6.17 Å². The highest BCUT2D eigenvalue weighted by Crippen LogP contribution is 2.34. The maximum atomic E-state index is 13.7. The summed E-state index contributed by atoms with van der Waals surface area (Å²) in [4.78, 5) is 5.44. The number of nitrogens with one attached hydrogen (secondary N) is 2. The number of hydrogen-bond acceptors (Lipinski definition) is 5. The van der Waals surface area contributed by atoms with Gasteiger partial charge < -0.3 is 10.0 Å². The molecule has 5 aliphatic rings. The molecule has 0 bridgehead atoms. The predicted octanol–water partition coefficient (Wildman–Crippen LogP) is 4.01. The first-order valence-corrected chi connectivity index (χ1v) is 14.5. The molecule has 5 rings (SSSR count). The summed E-state index contributed by atoms with van der Waals surface area (Å²) >= 11 is 0. The number of nitrogens with zero attached hydrogens (tertiary/aromatic N) is 2. The quantitative estimate of drug-likeness (QED) is 0.532. The molecule has 3 unspecified atom stereocenters. The molecule has 33 heavy (non-hydrogen) atoms. The topological polar surface area (TPSA) is 50.8 Å². The molecule has 5 fully saturated rings. The summed E-state index contributed by atoms with van der Waals surface area (Å²) in [6.07, 6.45) is 17.1. The SMILES string of the molecule is OC1CCC(CCN2CCC(NC3NC4CCCCC4N3CC3CCC(F)CC3)CC2)CC1. The maximum absolute atomic E-state index is 13.7. The highest BCUT2D eigenvalue weighted by molar-refractivity contribution is 4.99. The minimum absolute atomic E-state index is 0.0330. The minimum Gasteiger partial charge on any atom is -0.393 e. The van der Waals surface area contributed by atoms with Crippen LogP contribution >= 0.6 is 0 Å². The molecule has 0 spiro atoms. The van der Waals surface area contributed by atoms with Crippen LogP contribution in [-0.4, -0.2) is 77.8 Å². The van der Waals surface area contributed by atoms with Crippen LogP contribution in [0, 0.1) is 11.8 Å². The first-order valence-electron chi connectivity index (χ1n) is 14.5. The van der Waals surface area contributed by atoms with E-state index >= 15 is 0 Å². The van der Waals surface area contributed by atoms with Gasteiger partial charge in [0.05, 0.1) is 6.10 Å². The van der Waals surface area contributed by atoms with Gasteiger partial charge in [-0.25, -0.2) is 4.39 Å². The number of aliphatic hydroxyl groups is 1. The molecule has 0 aromatic heterocycles. The van der Waals surface area contributed by atoms with Gasteiger partial charge in [0, 0.05) is 24.7 Å². The number of halogens is 1. The molecule has 2 saturated heterocycles. The van der Waals surface area contributed by atoms with Gasteiger partial charge in [-0.15, -0.1) is 0 Å². The van der Waals surface area contributed by atoms with Crippen molar-refractivity contribution in [2.24, 2.45) is 11.8 Å². The van der Waals surface area contributed by atoms with Gasteiger partial charge in [-0.1, -0.05) is 12.8 Å². The van der Waals surface area contributed by atoms with Crippen LogP contribution in [0.3, 0.4) is 0 Å². The molecule has 3 saturated carbocycles. The molecule has 3 atom stereocenters. The van der Waals surface area contributed by atoms with Crippen LogP contribution in [0.15, 0.2) is 0 Å². The second kappa shape index (κ2) is 11.6. The van der Waals surface area contributed by atoms with E-state index in [9.17, 15) is 9.50 Å². The Bertz CT molecular complexity index is 585. The molecule has 0 amide bonds. The van der Waals surface area contributed by atoms with Crippen molar-refractivity contribution < 1.29 is 9.50 Å². The number of alkyl halides is 1. The van der Waals surface area contributed by atoms with E-state index in [1.807, 2.05) is 0 Å². The van der Waals surface area contributed by atoms with Crippen molar-refractivity contribution in [2.45, 2.75) is 133 Å². The van der Waals surface area contributed by atoms with Crippen LogP contribution in [0.5, 0.6) is 0 Å². The Kier molecular flexibility index (Phi) is 8.62. The van der Waals surface area contributed by atoms with Crippen LogP contribution < -0.4 is 10.6 Å². The Morgan fingerprint density at radius 1 is 0.818 bits per heavy atom. The third kappa shape index (κ3) is 6.49. The Morgan fingerprint density at radius 2 is 1.52 bits per heavy atom. The summed E-state index contributed by atoms with van der Waals surface area (Å²) in [5.41, 5.74) is 0. The zero-order valence-corrected chi connectivity index (χ0v) is 20.8. The summed E-state index contributed by atoms with van der Waals surface area (Å²) in [5.74, 6) is 1.50. The molecular formula is C27H49FN4O. The van der Waals surface area contributed by atoms with Gasteiger partial charge >= 0.3 is 0 Å². The average molecular weight is 465 g/mol. The van der Waals surface area contributed by atoms with Gasteiger partial charge in [0.1, 0.15) is 12.5 Å². The molecule has 5 nitrogen and oxygen atoms in total. The van der Waals surface area contributed by atoms with Crippen molar-refractivity contribution in [1.29, 1.82) is 0 Å². The fraction of sp³-hybridized carbons (Fsp3) is 1.00. The monoisotopic (exact) mass is 464 g/mol. The molecular weight excluding hydrogens is 415 g/mol. The molecule has 190 valence electrons. The highest BCUT2D eigenvalue weighted by Gasteiger charge is 2.43. The van der Waals surface area contributed by atoms with Crippen LogP contribution in [-0.2, 0) is 0 Å². The lowest BCUT2D eigenvalue weighted by Crippen LogP contribution is -2.56. The van der Waals surface area contributed by atoms with E-state index in [0.29, 0.717) is 30.3 Å². The Hall–Kier alpha value is -0.270. The second-order valence-corrected chi connectivity index (χ2v) is 12.1. The standard InChI is InChI=1S/C27H49FN4O/c28-22-9-5-21(6-10-22)19-32-26-4-2-1-3-25(26)30-27(32)29-23-14-17-31(18-15-23)16-13-20-7-11-24(33)12-8-20/h20-27,29-30,33H,1-19H2. The number of fused-ring (bicyclic) bond motifs is 1. The average Bonchev–Trinajstić information content (AvgIpc) is 3.18. The molecule has 3 N–H and O–H groups in total. The molecule has 0 aromatic rings. The predicted molar refractivity (Wildman–Crippen MR) is 132 cm³/mol. The number of likely N-dealkylation sites (tertiary alicyclic amines) is 1. The first kappa shape index (κ1) is 24.4. The molecule has 0 aromatic carbocycles. The fourth-order valence-corrected chi connectivity index (χ4v) is 7.52. The van der Waals surface area contributed by atoms with E-state index in [1.54, 1.807) is 0 Å². The summed E-state index contributed by atoms with van der Waals surface area (Å²) in [5, 5.41) is 17.8. The van der Waals surface area contributed by atoms with Crippen molar-refractivity contribution >= 4 is 0 Å². The zero-order valence-electron chi connectivity index (χ0n) is 20.8. The molecule has 3 aliphatic carbocycles. The lowest BCUT2D eigenvalue weighted by Gasteiger charge is -2.39. The van der Waals surface area contributed by atoms with Crippen molar-refractivity contribution in [3.8, 4) is 0 Å². The van der Waals surface area contributed by atoms with Crippen LogP contribution in [0.1, 0.15) is 96.3 Å². The van der Waals surface area contributed by atoms with Gasteiger partial charge in [-0.2, -0.15) is 0 Å². The summed E-state index contributed by atoms with van der Waals surface area (Å²) in [7, 11) is 0. The van der Waals surface area contributed by atoms with Gasteiger partial charge in [0.15, 0.2) is 0 Å². The highest BCUT2D eigenvalue weighted by atomic mass is 19.1. The largest absolute Gasteiger partial charge is 0.393 e. The van der Waals surface area contributed by atoms with Crippen molar-refractivity contribution in [3.05, 3.63) is 0 Å². The van der Waals surface area contributed by atoms with Crippen LogP contribution in [0.25, 0.3) is 0 Å². The maximum Gasteiger partial charge on any atom is 0.115 e. The summed E-state index contributed by atoms with van der Waals surface area (Å²) < 4.78 is 13.7. The van der Waals surface area contributed by atoms with Crippen molar-refractivity contribution in [2.75, 3.05) is 26.2 Å². The van der Waals surface area contributed by atoms with E-state index in [-0.39, 0.29) is 6.10 Å². The summed E-state index contributed by atoms with van der Waals surface area (Å²) in [6.45, 7) is 4.82. The molecule has 2 heterocycles. The lowest BCUT2D eigenvalue weighted by atomic mass is 9.85. The van der Waals surface area contributed by atoms with Gasteiger partial charge in [-0.3, -0.25) is 15.5 Å². The number of piperidine rings is 1. The van der Waals surface area contributed by atoms with E-state index in [0.717, 1.165) is 51.0 Å². The van der Waals surface area contributed by atoms with E-state index in [4.69, 9.17) is 0 Å². The first-order chi connectivity index (χ1) is 16.1. The molecule has 6 heteroatoms. The normalized spacial score (nSPS) is 41.8. The third-order valence-electron chi connectivity index (χ3n) is 9.76. The minimum atomic E-state index is -0.552. The Morgan fingerprint density at radius 3 is 2.27 bits per heavy atom. The Labute approximate surface area is 201 Å². The molecule has 2 aliphatic heterocycles. The van der Waals surface area contributed by atoms with E-state index in [2.05, 4.69) is 20.4 Å². The smallest absolute Gasteiger partial charge is 0.115 e. The lowest BCUT2D eigenvalue weighted by molar-refractivity contribution is 0.0786. The second-order valence-electron chi connectivity index (χ2n) is 12.1. The van der Waals surface area contributed by atoms with Crippen molar-refractivity contribution in [3.63, 3.8) is 0 Å². The number of rotatable bonds is 7.